The smallest absolute Gasteiger partial charge is 0.338 e. The lowest BCUT2D eigenvalue weighted by Crippen LogP contribution is -2.64. The van der Waals surface area contributed by atoms with Crippen LogP contribution in [0.3, 0.4) is 0 Å². The molecule has 1 aromatic heterocycles. The molecule has 34 heavy (non-hydrogen) atoms. The van der Waals surface area contributed by atoms with Crippen LogP contribution in [-0.2, 0) is 14.3 Å². The standard InChI is InChI=1S/C23H25ClFN5O3S/c1-29-8-14-11-33-12-15(9-29)30(14)10-18-19(23(31)32-2)20(16-4-3-13(25)7-17(16)24)28-21(27-18)22-26-5-6-34-22/h3-7,14-15,20H,8-12H2,1-2H3,(H,27,28)/t14?,15?,20-/m0/s1. The Labute approximate surface area is 206 Å². The number of ether oxygens (including phenoxy) is 2. The Morgan fingerprint density at radius 2 is 2.12 bits per heavy atom. The highest BCUT2D eigenvalue weighted by Gasteiger charge is 2.40. The van der Waals surface area contributed by atoms with Crippen LogP contribution in [0.5, 0.6) is 0 Å². The molecule has 2 aromatic rings. The van der Waals surface area contributed by atoms with Crippen LogP contribution in [0.4, 0.5) is 4.39 Å². The van der Waals surface area contributed by atoms with Crippen molar-refractivity contribution in [1.29, 1.82) is 0 Å². The summed E-state index contributed by atoms with van der Waals surface area (Å²) in [6.07, 6.45) is 1.70. The average Bonchev–Trinajstić information content (AvgIpc) is 3.34. The monoisotopic (exact) mass is 505 g/mol. The highest BCUT2D eigenvalue weighted by molar-refractivity contribution is 7.11. The third-order valence-corrected chi connectivity index (χ3v) is 7.47. The first kappa shape index (κ1) is 23.4. The van der Waals surface area contributed by atoms with Crippen LogP contribution < -0.4 is 5.32 Å². The molecule has 2 unspecified atom stereocenters. The zero-order valence-electron chi connectivity index (χ0n) is 18.8. The maximum atomic E-state index is 13.8. The van der Waals surface area contributed by atoms with Gasteiger partial charge in [0.05, 0.1) is 25.9 Å². The van der Waals surface area contributed by atoms with Crippen molar-refractivity contribution in [3.05, 3.63) is 62.5 Å². The van der Waals surface area contributed by atoms with E-state index < -0.39 is 17.8 Å². The van der Waals surface area contributed by atoms with Crippen molar-refractivity contribution in [3.8, 4) is 0 Å². The molecular formula is C23H25ClFN5O3S. The van der Waals surface area contributed by atoms with Crippen LogP contribution >= 0.6 is 22.9 Å². The number of methoxy groups -OCH3 is 1. The minimum atomic E-state index is -0.765. The van der Waals surface area contributed by atoms with Gasteiger partial charge in [0.1, 0.15) is 11.9 Å². The second kappa shape index (κ2) is 9.71. The summed E-state index contributed by atoms with van der Waals surface area (Å²) in [6, 6.07) is 3.74. The number of fused-ring (bicyclic) bond motifs is 2. The number of benzene rings is 1. The number of aliphatic imine (C=N–C) groups is 1. The number of piperazine rings is 1. The molecule has 4 heterocycles. The van der Waals surface area contributed by atoms with E-state index in [9.17, 15) is 9.18 Å². The molecule has 2 saturated heterocycles. The summed E-state index contributed by atoms with van der Waals surface area (Å²) in [5.41, 5.74) is 1.56. The first-order chi connectivity index (χ1) is 16.4. The van der Waals surface area contributed by atoms with E-state index in [0.29, 0.717) is 47.4 Å². The zero-order chi connectivity index (χ0) is 23.8. The molecule has 0 spiro atoms. The molecule has 2 fully saturated rings. The van der Waals surface area contributed by atoms with Crippen molar-refractivity contribution in [1.82, 2.24) is 20.1 Å². The predicted molar refractivity (Wildman–Crippen MR) is 128 cm³/mol. The maximum Gasteiger partial charge on any atom is 0.338 e. The third kappa shape index (κ3) is 4.48. The number of nitrogens with one attached hydrogen (secondary N) is 1. The lowest BCUT2D eigenvalue weighted by atomic mass is 9.94. The van der Waals surface area contributed by atoms with Gasteiger partial charge in [-0.15, -0.1) is 11.3 Å². The second-order valence-electron chi connectivity index (χ2n) is 8.63. The molecule has 1 aromatic carbocycles. The van der Waals surface area contributed by atoms with Crippen LogP contribution in [-0.4, -0.2) is 85.7 Å². The van der Waals surface area contributed by atoms with Gasteiger partial charge in [0.15, 0.2) is 10.8 Å². The lowest BCUT2D eigenvalue weighted by Gasteiger charge is -2.49. The van der Waals surface area contributed by atoms with Gasteiger partial charge in [-0.25, -0.2) is 14.2 Å². The largest absolute Gasteiger partial charge is 0.466 e. The molecule has 0 aliphatic carbocycles. The van der Waals surface area contributed by atoms with Gasteiger partial charge in [0.2, 0.25) is 0 Å². The summed E-state index contributed by atoms with van der Waals surface area (Å²) in [6.45, 7) is 3.48. The van der Waals surface area contributed by atoms with E-state index in [1.54, 1.807) is 12.3 Å². The van der Waals surface area contributed by atoms with Crippen LogP contribution in [0.1, 0.15) is 16.6 Å². The number of morpholine rings is 1. The minimum Gasteiger partial charge on any atom is -0.466 e. The Bertz CT molecular complexity index is 1130. The van der Waals surface area contributed by atoms with E-state index in [1.807, 2.05) is 5.38 Å². The molecule has 0 radical (unpaired) electrons. The number of likely N-dealkylation sites (N-methyl/N-ethyl adjacent to an activating group) is 1. The molecular weight excluding hydrogens is 481 g/mol. The van der Waals surface area contributed by atoms with Crippen molar-refractivity contribution in [2.75, 3.05) is 47.0 Å². The van der Waals surface area contributed by atoms with Gasteiger partial charge < -0.3 is 19.7 Å². The summed E-state index contributed by atoms with van der Waals surface area (Å²) in [5.74, 6) is -0.426. The van der Waals surface area contributed by atoms with Crippen molar-refractivity contribution >= 4 is 34.7 Å². The fourth-order valence-corrected chi connectivity index (χ4v) is 5.71. The van der Waals surface area contributed by atoms with E-state index in [0.717, 1.165) is 13.1 Å². The molecule has 2 bridgehead atoms. The molecule has 0 amide bonds. The van der Waals surface area contributed by atoms with E-state index in [2.05, 4.69) is 27.1 Å². The Kier molecular flexibility index (Phi) is 6.67. The summed E-state index contributed by atoms with van der Waals surface area (Å²) < 4.78 is 24.8. The second-order valence-corrected chi connectivity index (χ2v) is 9.93. The van der Waals surface area contributed by atoms with Gasteiger partial charge in [-0.3, -0.25) is 9.89 Å². The number of nitrogens with zero attached hydrogens (tertiary/aromatic N) is 4. The third-order valence-electron chi connectivity index (χ3n) is 6.37. The van der Waals surface area contributed by atoms with Crippen LogP contribution in [0.15, 0.2) is 46.0 Å². The summed E-state index contributed by atoms with van der Waals surface area (Å²) in [4.78, 5) is 27.0. The SMILES string of the molecule is COC(=O)C1=C(CN2C3COCC2CN(C)C3)NC(c2nccs2)=N[C@H]1c1ccc(F)cc1Cl. The normalized spacial score (nSPS) is 25.6. The molecule has 8 nitrogen and oxygen atoms in total. The number of rotatable bonds is 5. The van der Waals surface area contributed by atoms with Gasteiger partial charge in [0.25, 0.3) is 0 Å². The van der Waals surface area contributed by atoms with Gasteiger partial charge >= 0.3 is 5.97 Å². The molecule has 180 valence electrons. The van der Waals surface area contributed by atoms with Crippen LogP contribution in [0, 0.1) is 5.82 Å². The first-order valence-electron chi connectivity index (χ1n) is 11.0. The van der Waals surface area contributed by atoms with E-state index in [4.69, 9.17) is 26.1 Å². The van der Waals surface area contributed by atoms with Crippen molar-refractivity contribution in [2.45, 2.75) is 18.1 Å². The average molecular weight is 506 g/mol. The summed E-state index contributed by atoms with van der Waals surface area (Å²) >= 11 is 7.87. The molecule has 3 aliphatic rings. The molecule has 0 saturated carbocycles. The quantitative estimate of drug-likeness (QED) is 0.625. The molecule has 5 rings (SSSR count). The molecule has 1 N–H and O–H groups in total. The Morgan fingerprint density at radius 3 is 2.76 bits per heavy atom. The fraction of sp³-hybridized carbons (Fsp3) is 0.435. The van der Waals surface area contributed by atoms with Crippen LogP contribution in [0.2, 0.25) is 5.02 Å². The fourth-order valence-electron chi connectivity index (χ4n) is 4.85. The molecule has 11 heteroatoms. The Morgan fingerprint density at radius 1 is 1.35 bits per heavy atom. The first-order valence-corrected chi connectivity index (χ1v) is 12.2. The van der Waals surface area contributed by atoms with Gasteiger partial charge in [-0.1, -0.05) is 17.7 Å². The molecule has 3 aliphatic heterocycles. The van der Waals surface area contributed by atoms with E-state index in [-0.39, 0.29) is 17.1 Å². The van der Waals surface area contributed by atoms with Crippen LogP contribution in [0.25, 0.3) is 0 Å². The molecule has 3 atom stereocenters. The number of halogens is 2. The number of thiazole rings is 1. The van der Waals surface area contributed by atoms with Gasteiger partial charge in [0, 0.05) is 59.6 Å². The van der Waals surface area contributed by atoms with Gasteiger partial charge in [-0.2, -0.15) is 0 Å². The number of aromatic nitrogens is 1. The Hall–Kier alpha value is -2.37. The highest BCUT2D eigenvalue weighted by atomic mass is 35.5. The topological polar surface area (TPSA) is 79.3 Å². The van der Waals surface area contributed by atoms with Crippen molar-refractivity contribution in [3.63, 3.8) is 0 Å². The number of carbonyl (C=O) groups is 1. The van der Waals surface area contributed by atoms with Gasteiger partial charge in [-0.05, 0) is 19.2 Å². The number of carbonyl (C=O) groups excluding carboxylic acids is 1. The zero-order valence-corrected chi connectivity index (χ0v) is 20.4. The Balaban J connectivity index is 1.60. The minimum absolute atomic E-state index is 0.194. The highest BCUT2D eigenvalue weighted by Crippen LogP contribution is 2.37. The predicted octanol–water partition coefficient (Wildman–Crippen LogP) is 2.47. The number of hydrogen-bond donors (Lipinski definition) is 1. The maximum absolute atomic E-state index is 13.8. The number of amidine groups is 1. The summed E-state index contributed by atoms with van der Waals surface area (Å²) in [7, 11) is 3.45. The van der Waals surface area contributed by atoms with E-state index >= 15 is 0 Å². The van der Waals surface area contributed by atoms with Crippen molar-refractivity contribution < 1.29 is 18.7 Å². The van der Waals surface area contributed by atoms with Crippen molar-refractivity contribution in [2.24, 2.45) is 4.99 Å². The number of hydrogen-bond acceptors (Lipinski definition) is 9. The van der Waals surface area contributed by atoms with E-state index in [1.165, 1.54) is 30.6 Å². The lowest BCUT2D eigenvalue weighted by molar-refractivity contribution is -0.136. The summed E-state index contributed by atoms with van der Waals surface area (Å²) in [5, 5.41) is 6.11. The number of esters is 1.